The number of hydrogen-bond acceptors (Lipinski definition) is 4. The average molecular weight is 206 g/mol. The highest BCUT2D eigenvalue weighted by atomic mass is 16.2. The zero-order valence-corrected chi connectivity index (χ0v) is 7.86. The van der Waals surface area contributed by atoms with E-state index in [1.807, 2.05) is 0 Å². The molecule has 1 aromatic rings. The molecule has 78 valence electrons. The van der Waals surface area contributed by atoms with E-state index >= 15 is 0 Å². The van der Waals surface area contributed by atoms with E-state index < -0.39 is 17.5 Å². The Morgan fingerprint density at radius 1 is 1.40 bits per heavy atom. The van der Waals surface area contributed by atoms with Crippen LogP contribution in [-0.2, 0) is 10.3 Å². The number of hydrogen-bond donors (Lipinski definition) is 3. The van der Waals surface area contributed by atoms with Gasteiger partial charge in [0.15, 0.2) is 5.54 Å². The molecule has 1 aliphatic rings. The van der Waals surface area contributed by atoms with Gasteiger partial charge in [0.25, 0.3) is 5.91 Å². The van der Waals surface area contributed by atoms with E-state index in [1.165, 1.54) is 0 Å². The van der Waals surface area contributed by atoms with Gasteiger partial charge in [0.2, 0.25) is 0 Å². The van der Waals surface area contributed by atoms with Crippen LogP contribution in [0, 0.1) is 0 Å². The Labute approximate surface area is 85.9 Å². The summed E-state index contributed by atoms with van der Waals surface area (Å²) in [5.74, 6) is -0.464. The Hall–Kier alpha value is -1.95. The summed E-state index contributed by atoms with van der Waals surface area (Å²) in [4.78, 5) is 26.7. The molecular weight excluding hydrogens is 196 g/mol. The number of pyridine rings is 1. The van der Waals surface area contributed by atoms with Gasteiger partial charge < -0.3 is 11.1 Å². The molecule has 0 spiro atoms. The Bertz CT molecular complexity index is 406. The summed E-state index contributed by atoms with van der Waals surface area (Å²) in [6.45, 7) is -0.0262. The minimum atomic E-state index is -1.22. The number of carbonyl (C=O) groups excluding carboxylic acids is 2. The molecule has 1 aliphatic heterocycles. The summed E-state index contributed by atoms with van der Waals surface area (Å²) in [7, 11) is 0. The number of nitrogens with two attached hydrogens (primary N) is 1. The quantitative estimate of drug-likeness (QED) is 0.545. The smallest absolute Gasteiger partial charge is 0.322 e. The summed E-state index contributed by atoms with van der Waals surface area (Å²) in [6.07, 6.45) is 1.55. The van der Waals surface area contributed by atoms with Crippen LogP contribution in [0.4, 0.5) is 4.79 Å². The predicted octanol–water partition coefficient (Wildman–Crippen LogP) is -0.925. The van der Waals surface area contributed by atoms with Crippen LogP contribution in [0.5, 0.6) is 0 Å². The largest absolute Gasteiger partial charge is 0.327 e. The maximum absolute atomic E-state index is 11.6. The molecule has 2 rings (SSSR count). The lowest BCUT2D eigenvalue weighted by molar-refractivity contribution is -0.124. The summed E-state index contributed by atoms with van der Waals surface area (Å²) in [6, 6.07) is 4.56. The lowest BCUT2D eigenvalue weighted by atomic mass is 9.95. The van der Waals surface area contributed by atoms with Gasteiger partial charge in [-0.05, 0) is 12.1 Å². The Morgan fingerprint density at radius 2 is 2.20 bits per heavy atom. The van der Waals surface area contributed by atoms with E-state index in [4.69, 9.17) is 5.73 Å². The van der Waals surface area contributed by atoms with Crippen LogP contribution in [0.1, 0.15) is 5.69 Å². The average Bonchev–Trinajstić information content (AvgIpc) is 2.56. The van der Waals surface area contributed by atoms with Crippen molar-refractivity contribution in [3.05, 3.63) is 30.1 Å². The highest BCUT2D eigenvalue weighted by molar-refractivity contribution is 6.07. The zero-order chi connectivity index (χ0) is 10.9. The van der Waals surface area contributed by atoms with Crippen LogP contribution in [-0.4, -0.2) is 23.5 Å². The maximum Gasteiger partial charge on any atom is 0.322 e. The van der Waals surface area contributed by atoms with Crippen molar-refractivity contribution >= 4 is 11.9 Å². The third kappa shape index (κ3) is 1.35. The molecule has 1 fully saturated rings. The van der Waals surface area contributed by atoms with E-state index in [0.717, 1.165) is 0 Å². The molecule has 0 saturated carbocycles. The molecule has 1 unspecified atom stereocenters. The van der Waals surface area contributed by atoms with Crippen molar-refractivity contribution in [1.29, 1.82) is 0 Å². The molecule has 0 radical (unpaired) electrons. The number of imide groups is 1. The molecule has 1 atom stereocenters. The van der Waals surface area contributed by atoms with Crippen molar-refractivity contribution in [3.63, 3.8) is 0 Å². The van der Waals surface area contributed by atoms with Gasteiger partial charge in [0.1, 0.15) is 0 Å². The van der Waals surface area contributed by atoms with Crippen molar-refractivity contribution in [2.75, 3.05) is 6.54 Å². The number of amides is 3. The van der Waals surface area contributed by atoms with Crippen molar-refractivity contribution in [1.82, 2.24) is 15.6 Å². The van der Waals surface area contributed by atoms with Crippen molar-refractivity contribution in [2.24, 2.45) is 5.73 Å². The lowest BCUT2D eigenvalue weighted by Crippen LogP contribution is -2.50. The molecule has 3 amide bonds. The van der Waals surface area contributed by atoms with Gasteiger partial charge in [-0.3, -0.25) is 15.1 Å². The molecule has 6 heteroatoms. The van der Waals surface area contributed by atoms with Gasteiger partial charge in [-0.15, -0.1) is 0 Å². The number of urea groups is 1. The molecule has 2 heterocycles. The van der Waals surface area contributed by atoms with E-state index in [9.17, 15) is 9.59 Å². The van der Waals surface area contributed by atoms with E-state index in [2.05, 4.69) is 15.6 Å². The number of aromatic nitrogens is 1. The van der Waals surface area contributed by atoms with Gasteiger partial charge in [-0.1, -0.05) is 6.07 Å². The fourth-order valence-electron chi connectivity index (χ4n) is 1.54. The fraction of sp³-hybridized carbons (Fsp3) is 0.222. The van der Waals surface area contributed by atoms with Crippen LogP contribution in [0.3, 0.4) is 0 Å². The molecule has 1 saturated heterocycles. The fourth-order valence-corrected chi connectivity index (χ4v) is 1.54. The van der Waals surface area contributed by atoms with Gasteiger partial charge in [0.05, 0.1) is 5.69 Å². The van der Waals surface area contributed by atoms with Gasteiger partial charge in [0, 0.05) is 12.7 Å². The third-order valence-corrected chi connectivity index (χ3v) is 2.35. The zero-order valence-electron chi connectivity index (χ0n) is 7.86. The topological polar surface area (TPSA) is 97.1 Å². The predicted molar refractivity (Wildman–Crippen MR) is 51.6 cm³/mol. The van der Waals surface area contributed by atoms with Gasteiger partial charge in [-0.2, -0.15) is 0 Å². The van der Waals surface area contributed by atoms with Crippen LogP contribution in [0.25, 0.3) is 0 Å². The minimum Gasteiger partial charge on any atom is -0.327 e. The van der Waals surface area contributed by atoms with Gasteiger partial charge >= 0.3 is 6.03 Å². The maximum atomic E-state index is 11.6. The Kier molecular flexibility index (Phi) is 2.12. The highest BCUT2D eigenvalue weighted by Gasteiger charge is 2.47. The Morgan fingerprint density at radius 3 is 2.67 bits per heavy atom. The van der Waals surface area contributed by atoms with E-state index in [1.54, 1.807) is 24.4 Å². The molecule has 0 aliphatic carbocycles. The van der Waals surface area contributed by atoms with Crippen LogP contribution in [0.15, 0.2) is 24.4 Å². The first-order chi connectivity index (χ1) is 7.19. The lowest BCUT2D eigenvalue weighted by Gasteiger charge is -2.22. The van der Waals surface area contributed by atoms with Gasteiger partial charge in [-0.25, -0.2) is 4.79 Å². The summed E-state index contributed by atoms with van der Waals surface area (Å²) in [5, 5.41) is 4.64. The summed E-state index contributed by atoms with van der Waals surface area (Å²) < 4.78 is 0. The van der Waals surface area contributed by atoms with Crippen molar-refractivity contribution in [3.8, 4) is 0 Å². The van der Waals surface area contributed by atoms with Crippen LogP contribution in [0.2, 0.25) is 0 Å². The first-order valence-corrected chi connectivity index (χ1v) is 4.44. The van der Waals surface area contributed by atoms with Crippen LogP contribution >= 0.6 is 0 Å². The summed E-state index contributed by atoms with van der Waals surface area (Å²) in [5.41, 5.74) is 4.75. The normalized spacial score (nSPS) is 24.9. The standard InChI is InChI=1S/C9H10N4O2/c10-5-9(6-3-1-2-4-11-6)7(14)12-8(15)13-9/h1-4H,5,10H2,(H2,12,13,14,15). The highest BCUT2D eigenvalue weighted by Crippen LogP contribution is 2.21. The van der Waals surface area contributed by atoms with Crippen LogP contribution < -0.4 is 16.4 Å². The molecule has 6 nitrogen and oxygen atoms in total. The monoisotopic (exact) mass is 206 g/mol. The first kappa shape index (κ1) is 9.60. The second kappa shape index (κ2) is 3.32. The molecule has 4 N–H and O–H groups in total. The molecule has 15 heavy (non-hydrogen) atoms. The number of nitrogens with zero attached hydrogens (tertiary/aromatic N) is 1. The molecular formula is C9H10N4O2. The summed E-state index contributed by atoms with van der Waals surface area (Å²) >= 11 is 0. The van der Waals surface area contributed by atoms with Crippen molar-refractivity contribution in [2.45, 2.75) is 5.54 Å². The molecule has 1 aromatic heterocycles. The second-order valence-corrected chi connectivity index (χ2v) is 3.23. The first-order valence-electron chi connectivity index (χ1n) is 4.44. The number of rotatable bonds is 2. The minimum absolute atomic E-state index is 0.0262. The number of nitrogens with one attached hydrogen (secondary N) is 2. The SMILES string of the molecule is NCC1(c2ccccn2)NC(=O)NC1=O. The molecule has 0 aromatic carbocycles. The number of carbonyl (C=O) groups is 2. The second-order valence-electron chi connectivity index (χ2n) is 3.23. The molecule has 0 bridgehead atoms. The third-order valence-electron chi connectivity index (χ3n) is 2.35. The van der Waals surface area contributed by atoms with E-state index in [0.29, 0.717) is 5.69 Å². The Balaban J connectivity index is 2.47. The van der Waals surface area contributed by atoms with Crippen molar-refractivity contribution < 1.29 is 9.59 Å². The van der Waals surface area contributed by atoms with E-state index in [-0.39, 0.29) is 6.54 Å².